The predicted octanol–water partition coefficient (Wildman–Crippen LogP) is 1.17. The van der Waals surface area contributed by atoms with Crippen LogP contribution in [0, 0.1) is 15.9 Å². The molecule has 0 heterocycles. The Morgan fingerprint density at radius 2 is 2.10 bits per heavy atom. The lowest BCUT2D eigenvalue weighted by Crippen LogP contribution is -2.40. The van der Waals surface area contributed by atoms with E-state index in [1.54, 1.807) is 6.92 Å². The van der Waals surface area contributed by atoms with Gasteiger partial charge in [0, 0.05) is 18.7 Å². The second-order valence-corrected chi connectivity index (χ2v) is 6.28. The van der Waals surface area contributed by atoms with E-state index in [1.807, 2.05) is 4.72 Å². The number of sulfonamides is 1. The monoisotopic (exact) mass is 306 g/mol. The van der Waals surface area contributed by atoms with E-state index in [2.05, 4.69) is 0 Å². The van der Waals surface area contributed by atoms with Gasteiger partial charge in [0.2, 0.25) is 10.0 Å². The average molecular weight is 306 g/mol. The van der Waals surface area contributed by atoms with E-state index in [4.69, 9.17) is 0 Å². The van der Waals surface area contributed by atoms with Crippen molar-refractivity contribution in [2.45, 2.75) is 30.8 Å². The van der Waals surface area contributed by atoms with Crippen LogP contribution in [0.2, 0.25) is 0 Å². The highest BCUT2D eigenvalue weighted by molar-refractivity contribution is 7.89. The summed E-state index contributed by atoms with van der Waals surface area (Å²) < 4.78 is 39.4. The number of aliphatic hydroxyl groups is 1. The Morgan fingerprint density at radius 1 is 1.50 bits per heavy atom. The minimum absolute atomic E-state index is 0.285. The van der Waals surface area contributed by atoms with Crippen molar-refractivity contribution in [3.63, 3.8) is 0 Å². The molecule has 112 valence electrons. The molecule has 9 heteroatoms. The highest BCUT2D eigenvalue weighted by Gasteiger charge is 2.26. The zero-order chi connectivity index (χ0) is 15.6. The summed E-state index contributed by atoms with van der Waals surface area (Å²) in [6.07, 6.45) is 0.285. The Morgan fingerprint density at radius 3 is 2.60 bits per heavy atom. The summed E-state index contributed by atoms with van der Waals surface area (Å²) in [5, 5.41) is 20.3. The Kier molecular flexibility index (Phi) is 4.79. The first-order valence-electron chi connectivity index (χ1n) is 5.75. The molecule has 1 aromatic rings. The van der Waals surface area contributed by atoms with Crippen molar-refractivity contribution in [2.24, 2.45) is 0 Å². The van der Waals surface area contributed by atoms with Gasteiger partial charge in [0.1, 0.15) is 10.7 Å². The summed E-state index contributed by atoms with van der Waals surface area (Å²) in [4.78, 5) is 8.94. The fraction of sp³-hybridized carbons (Fsp3) is 0.455. The van der Waals surface area contributed by atoms with Gasteiger partial charge < -0.3 is 5.11 Å². The van der Waals surface area contributed by atoms with Crippen molar-refractivity contribution in [1.29, 1.82) is 0 Å². The van der Waals surface area contributed by atoms with Crippen molar-refractivity contribution in [1.82, 2.24) is 4.72 Å². The molecule has 20 heavy (non-hydrogen) atoms. The molecule has 1 atom stereocenters. The summed E-state index contributed by atoms with van der Waals surface area (Å²) in [6, 6.07) is 2.22. The lowest BCUT2D eigenvalue weighted by atomic mass is 10.1. The van der Waals surface area contributed by atoms with Gasteiger partial charge in [0.05, 0.1) is 10.5 Å². The van der Waals surface area contributed by atoms with Crippen LogP contribution < -0.4 is 4.72 Å². The second-order valence-electron chi connectivity index (χ2n) is 4.55. The number of nitrogens with zero attached hydrogens (tertiary/aromatic N) is 1. The smallest absolute Gasteiger partial charge is 0.270 e. The molecule has 0 aliphatic carbocycles. The van der Waals surface area contributed by atoms with Gasteiger partial charge in [-0.25, -0.2) is 17.5 Å². The van der Waals surface area contributed by atoms with E-state index >= 15 is 0 Å². The van der Waals surface area contributed by atoms with Crippen LogP contribution in [0.4, 0.5) is 10.1 Å². The standard InChI is InChI=1S/C11H15FN2O5S/c1-3-11(2,15)7-13-20(18,19)10-6-8(14(16)17)4-5-9(10)12/h4-6,13,15H,3,7H2,1-2H3. The van der Waals surface area contributed by atoms with E-state index in [9.17, 15) is 28.0 Å². The first kappa shape index (κ1) is 16.5. The van der Waals surface area contributed by atoms with E-state index < -0.39 is 36.9 Å². The van der Waals surface area contributed by atoms with Gasteiger partial charge in [0.15, 0.2) is 0 Å². The molecular weight excluding hydrogens is 291 g/mol. The fourth-order valence-electron chi connectivity index (χ4n) is 1.26. The summed E-state index contributed by atoms with van der Waals surface area (Å²) in [5.74, 6) is -1.10. The Labute approximate surface area is 115 Å². The number of nitro groups is 1. The third kappa shape index (κ3) is 3.95. The van der Waals surface area contributed by atoms with Crippen LogP contribution >= 0.6 is 0 Å². The lowest BCUT2D eigenvalue weighted by molar-refractivity contribution is -0.385. The molecule has 0 bridgehead atoms. The minimum Gasteiger partial charge on any atom is -0.389 e. The molecule has 7 nitrogen and oxygen atoms in total. The quantitative estimate of drug-likeness (QED) is 0.605. The number of rotatable bonds is 6. The molecule has 0 aromatic heterocycles. The van der Waals surface area contributed by atoms with Gasteiger partial charge in [0.25, 0.3) is 5.69 Å². The highest BCUT2D eigenvalue weighted by Crippen LogP contribution is 2.21. The number of hydrogen-bond acceptors (Lipinski definition) is 5. The SMILES string of the molecule is CCC(C)(O)CNS(=O)(=O)c1cc([N+](=O)[O-])ccc1F. The van der Waals surface area contributed by atoms with Crippen LogP contribution in [0.3, 0.4) is 0 Å². The molecule has 0 spiro atoms. The van der Waals surface area contributed by atoms with Gasteiger partial charge in [-0.15, -0.1) is 0 Å². The molecule has 1 aromatic carbocycles. The van der Waals surface area contributed by atoms with Crippen LogP contribution in [0.5, 0.6) is 0 Å². The van der Waals surface area contributed by atoms with Crippen molar-refractivity contribution >= 4 is 15.7 Å². The van der Waals surface area contributed by atoms with E-state index in [0.29, 0.717) is 12.1 Å². The molecule has 0 aliphatic rings. The Hall–Kier alpha value is -1.58. The molecular formula is C11H15FN2O5S. The van der Waals surface area contributed by atoms with Crippen LogP contribution in [-0.4, -0.2) is 30.6 Å². The predicted molar refractivity (Wildman–Crippen MR) is 69.2 cm³/mol. The molecule has 0 saturated heterocycles. The average Bonchev–Trinajstić information content (AvgIpc) is 2.37. The molecule has 0 fully saturated rings. The number of nitro benzene ring substituents is 1. The maximum absolute atomic E-state index is 13.5. The van der Waals surface area contributed by atoms with E-state index in [1.165, 1.54) is 6.92 Å². The summed E-state index contributed by atoms with van der Waals surface area (Å²) >= 11 is 0. The normalized spacial score (nSPS) is 14.8. The molecule has 0 amide bonds. The summed E-state index contributed by atoms with van der Waals surface area (Å²) in [5.41, 5.74) is -1.82. The molecule has 0 radical (unpaired) electrons. The first-order valence-corrected chi connectivity index (χ1v) is 7.23. The van der Waals surface area contributed by atoms with Crippen LogP contribution in [0.15, 0.2) is 23.1 Å². The molecule has 2 N–H and O–H groups in total. The molecule has 0 saturated carbocycles. The topological polar surface area (TPSA) is 110 Å². The zero-order valence-electron chi connectivity index (χ0n) is 11.0. The highest BCUT2D eigenvalue weighted by atomic mass is 32.2. The number of benzene rings is 1. The van der Waals surface area contributed by atoms with Crippen LogP contribution in [0.1, 0.15) is 20.3 Å². The summed E-state index contributed by atoms with van der Waals surface area (Å²) in [6.45, 7) is 2.75. The number of hydrogen-bond donors (Lipinski definition) is 2. The van der Waals surface area contributed by atoms with Gasteiger partial charge >= 0.3 is 0 Å². The Balaban J connectivity index is 3.09. The summed E-state index contributed by atoms with van der Waals surface area (Å²) in [7, 11) is -4.28. The van der Waals surface area contributed by atoms with Crippen molar-refractivity contribution in [2.75, 3.05) is 6.54 Å². The van der Waals surface area contributed by atoms with Gasteiger partial charge in [-0.05, 0) is 19.4 Å². The second kappa shape index (κ2) is 5.81. The maximum Gasteiger partial charge on any atom is 0.270 e. The zero-order valence-corrected chi connectivity index (χ0v) is 11.8. The van der Waals surface area contributed by atoms with Crippen LogP contribution in [0.25, 0.3) is 0 Å². The molecule has 1 unspecified atom stereocenters. The maximum atomic E-state index is 13.5. The van der Waals surface area contributed by atoms with Crippen molar-refractivity contribution < 1.29 is 22.8 Å². The van der Waals surface area contributed by atoms with Crippen LogP contribution in [-0.2, 0) is 10.0 Å². The van der Waals surface area contributed by atoms with Gasteiger partial charge in [-0.1, -0.05) is 6.92 Å². The van der Waals surface area contributed by atoms with Gasteiger partial charge in [-0.2, -0.15) is 0 Å². The first-order chi connectivity index (χ1) is 9.09. The molecule has 0 aliphatic heterocycles. The minimum atomic E-state index is -4.28. The third-order valence-corrected chi connectivity index (χ3v) is 4.24. The van der Waals surface area contributed by atoms with E-state index in [0.717, 1.165) is 6.07 Å². The fourth-order valence-corrected chi connectivity index (χ4v) is 2.52. The van der Waals surface area contributed by atoms with E-state index in [-0.39, 0.29) is 13.0 Å². The third-order valence-electron chi connectivity index (χ3n) is 2.82. The van der Waals surface area contributed by atoms with Crippen molar-refractivity contribution in [3.05, 3.63) is 34.1 Å². The lowest BCUT2D eigenvalue weighted by Gasteiger charge is -2.21. The number of nitrogens with one attached hydrogen (secondary N) is 1. The number of halogens is 1. The number of non-ortho nitro benzene ring substituents is 1. The van der Waals surface area contributed by atoms with Gasteiger partial charge in [-0.3, -0.25) is 10.1 Å². The Bertz CT molecular complexity index is 615. The largest absolute Gasteiger partial charge is 0.389 e. The molecule has 1 rings (SSSR count). The van der Waals surface area contributed by atoms with Crippen molar-refractivity contribution in [3.8, 4) is 0 Å².